The third-order valence-electron chi connectivity index (χ3n) is 2.84. The number of carbonyl (C=O) groups excluding carboxylic acids is 2. The van der Waals surface area contributed by atoms with Crippen LogP contribution >= 0.6 is 0 Å². The summed E-state index contributed by atoms with van der Waals surface area (Å²) >= 11 is 0. The van der Waals surface area contributed by atoms with Gasteiger partial charge in [0.05, 0.1) is 19.1 Å². The topological polar surface area (TPSA) is 58.6 Å². The van der Waals surface area contributed by atoms with Gasteiger partial charge in [-0.2, -0.15) is 0 Å². The zero-order chi connectivity index (χ0) is 12.7. The van der Waals surface area contributed by atoms with E-state index in [0.717, 1.165) is 19.4 Å². The summed E-state index contributed by atoms with van der Waals surface area (Å²) in [6.45, 7) is 6.35. The molecule has 0 spiro atoms. The van der Waals surface area contributed by atoms with E-state index in [1.165, 1.54) is 4.90 Å². The van der Waals surface area contributed by atoms with Gasteiger partial charge in [-0.15, -0.1) is 0 Å². The van der Waals surface area contributed by atoms with E-state index in [4.69, 9.17) is 4.74 Å². The average molecular weight is 242 g/mol. The molecule has 0 saturated carbocycles. The summed E-state index contributed by atoms with van der Waals surface area (Å²) in [6.07, 6.45) is 2.46. The van der Waals surface area contributed by atoms with E-state index in [1.807, 2.05) is 6.92 Å². The fourth-order valence-corrected chi connectivity index (χ4v) is 1.83. The quantitative estimate of drug-likeness (QED) is 0.498. The molecule has 5 heteroatoms. The molecule has 1 heterocycles. The van der Waals surface area contributed by atoms with Crippen LogP contribution in [0.3, 0.4) is 0 Å². The Morgan fingerprint density at radius 3 is 2.71 bits per heavy atom. The maximum absolute atomic E-state index is 11.7. The maximum atomic E-state index is 11.7. The van der Waals surface area contributed by atoms with E-state index in [2.05, 4.69) is 12.2 Å². The normalized spacial score (nSPS) is 20.4. The maximum Gasteiger partial charge on any atom is 0.246 e. The van der Waals surface area contributed by atoms with Gasteiger partial charge >= 0.3 is 0 Å². The van der Waals surface area contributed by atoms with Crippen LogP contribution in [-0.2, 0) is 14.3 Å². The van der Waals surface area contributed by atoms with Gasteiger partial charge in [-0.05, 0) is 13.3 Å². The zero-order valence-electron chi connectivity index (χ0n) is 10.7. The number of amides is 2. The van der Waals surface area contributed by atoms with Crippen LogP contribution in [0.5, 0.6) is 0 Å². The first-order chi connectivity index (χ1) is 8.20. The van der Waals surface area contributed by atoms with E-state index >= 15 is 0 Å². The highest BCUT2D eigenvalue weighted by molar-refractivity contribution is 6.05. The Hall–Kier alpha value is -0.940. The van der Waals surface area contributed by atoms with Gasteiger partial charge in [0.15, 0.2) is 0 Å². The Bertz CT molecular complexity index is 268. The largest absolute Gasteiger partial charge is 0.380 e. The number of likely N-dealkylation sites (N-methyl/N-ethyl adjacent to an activating group) is 1. The van der Waals surface area contributed by atoms with Crippen molar-refractivity contribution in [3.8, 4) is 0 Å². The van der Waals surface area contributed by atoms with Crippen molar-refractivity contribution in [1.82, 2.24) is 10.2 Å². The number of nitrogens with one attached hydrogen (secondary N) is 1. The number of carbonyl (C=O) groups is 2. The highest BCUT2D eigenvalue weighted by Crippen LogP contribution is 2.11. The standard InChI is InChI=1S/C12H22N2O3/c1-3-5-7-17-8-6-13-10-9-11(15)14(4-2)12(10)16/h10,13H,3-9H2,1-2H3. The van der Waals surface area contributed by atoms with Gasteiger partial charge in [-0.1, -0.05) is 13.3 Å². The smallest absolute Gasteiger partial charge is 0.246 e. The van der Waals surface area contributed by atoms with Crippen LogP contribution < -0.4 is 5.32 Å². The number of hydrogen-bond donors (Lipinski definition) is 1. The molecule has 1 atom stereocenters. The molecule has 5 nitrogen and oxygen atoms in total. The first-order valence-electron chi connectivity index (χ1n) is 6.36. The molecule has 17 heavy (non-hydrogen) atoms. The van der Waals surface area contributed by atoms with Crippen LogP contribution in [0.4, 0.5) is 0 Å². The molecule has 98 valence electrons. The molecule has 1 saturated heterocycles. The molecule has 1 aliphatic heterocycles. The summed E-state index contributed by atoms with van der Waals surface area (Å²) in [5.41, 5.74) is 0. The second-order valence-corrected chi connectivity index (χ2v) is 4.15. The summed E-state index contributed by atoms with van der Waals surface area (Å²) in [6, 6.07) is -0.350. The van der Waals surface area contributed by atoms with Gasteiger partial charge in [-0.25, -0.2) is 0 Å². The molecule has 0 bridgehead atoms. The van der Waals surface area contributed by atoms with E-state index < -0.39 is 0 Å². The lowest BCUT2D eigenvalue weighted by atomic mass is 10.2. The zero-order valence-corrected chi connectivity index (χ0v) is 10.7. The van der Waals surface area contributed by atoms with Gasteiger partial charge in [0.1, 0.15) is 0 Å². The van der Waals surface area contributed by atoms with Crippen LogP contribution in [0.25, 0.3) is 0 Å². The number of rotatable bonds is 8. The number of imide groups is 1. The van der Waals surface area contributed by atoms with Crippen LogP contribution in [0.1, 0.15) is 33.1 Å². The molecule has 0 radical (unpaired) electrons. The molecule has 1 aliphatic rings. The van der Waals surface area contributed by atoms with Gasteiger partial charge in [0.25, 0.3) is 0 Å². The average Bonchev–Trinajstić information content (AvgIpc) is 2.58. The lowest BCUT2D eigenvalue weighted by molar-refractivity contribution is -0.138. The Labute approximate surface area is 102 Å². The summed E-state index contributed by atoms with van der Waals surface area (Å²) in [4.78, 5) is 24.5. The summed E-state index contributed by atoms with van der Waals surface area (Å²) in [7, 11) is 0. The van der Waals surface area contributed by atoms with Crippen LogP contribution in [0.2, 0.25) is 0 Å². The van der Waals surface area contributed by atoms with E-state index in [1.54, 1.807) is 0 Å². The molecule has 2 amide bonds. The van der Waals surface area contributed by atoms with Crippen molar-refractivity contribution >= 4 is 11.8 Å². The number of unbranched alkanes of at least 4 members (excludes halogenated alkanes) is 1. The molecular formula is C12H22N2O3. The number of nitrogens with zero attached hydrogens (tertiary/aromatic N) is 1. The summed E-state index contributed by atoms with van der Waals surface area (Å²) < 4.78 is 5.38. The van der Waals surface area contributed by atoms with Gasteiger partial charge in [-0.3, -0.25) is 14.5 Å². The molecule has 0 aromatic carbocycles. The van der Waals surface area contributed by atoms with Crippen molar-refractivity contribution in [2.45, 2.75) is 39.2 Å². The summed E-state index contributed by atoms with van der Waals surface area (Å²) in [5.74, 6) is -0.187. The SMILES string of the molecule is CCCCOCCNC1CC(=O)N(CC)C1=O. The Kier molecular flexibility index (Phi) is 6.15. The summed E-state index contributed by atoms with van der Waals surface area (Å²) in [5, 5.41) is 3.07. The molecule has 0 aromatic rings. The Balaban J connectivity index is 2.16. The fourth-order valence-electron chi connectivity index (χ4n) is 1.83. The van der Waals surface area contributed by atoms with Gasteiger partial charge in [0, 0.05) is 19.7 Å². The molecule has 1 rings (SSSR count). The predicted octanol–water partition coefficient (Wildman–Crippen LogP) is 0.540. The Morgan fingerprint density at radius 2 is 2.12 bits per heavy atom. The molecule has 1 unspecified atom stereocenters. The first-order valence-corrected chi connectivity index (χ1v) is 6.36. The third kappa shape index (κ3) is 4.09. The van der Waals surface area contributed by atoms with Crippen molar-refractivity contribution in [1.29, 1.82) is 0 Å². The first kappa shape index (κ1) is 14.1. The van der Waals surface area contributed by atoms with Crippen molar-refractivity contribution in [2.75, 3.05) is 26.3 Å². The van der Waals surface area contributed by atoms with E-state index in [-0.39, 0.29) is 24.3 Å². The molecule has 1 N–H and O–H groups in total. The van der Waals surface area contributed by atoms with Crippen molar-refractivity contribution in [3.63, 3.8) is 0 Å². The molecular weight excluding hydrogens is 220 g/mol. The van der Waals surface area contributed by atoms with Crippen LogP contribution in [-0.4, -0.2) is 49.1 Å². The Morgan fingerprint density at radius 1 is 1.35 bits per heavy atom. The second kappa shape index (κ2) is 7.40. The van der Waals surface area contributed by atoms with Crippen LogP contribution in [0.15, 0.2) is 0 Å². The highest BCUT2D eigenvalue weighted by atomic mass is 16.5. The van der Waals surface area contributed by atoms with E-state index in [9.17, 15) is 9.59 Å². The van der Waals surface area contributed by atoms with Gasteiger partial charge < -0.3 is 10.1 Å². The molecule has 0 aromatic heterocycles. The second-order valence-electron chi connectivity index (χ2n) is 4.15. The van der Waals surface area contributed by atoms with Crippen molar-refractivity contribution in [3.05, 3.63) is 0 Å². The van der Waals surface area contributed by atoms with Crippen LogP contribution in [0, 0.1) is 0 Å². The monoisotopic (exact) mass is 242 g/mol. The fraction of sp³-hybridized carbons (Fsp3) is 0.833. The predicted molar refractivity (Wildman–Crippen MR) is 64.5 cm³/mol. The number of ether oxygens (including phenoxy) is 1. The number of hydrogen-bond acceptors (Lipinski definition) is 4. The van der Waals surface area contributed by atoms with Gasteiger partial charge in [0.2, 0.25) is 11.8 Å². The minimum Gasteiger partial charge on any atom is -0.380 e. The van der Waals surface area contributed by atoms with E-state index in [0.29, 0.717) is 19.7 Å². The lowest BCUT2D eigenvalue weighted by Crippen LogP contribution is -2.39. The lowest BCUT2D eigenvalue weighted by Gasteiger charge is -2.13. The highest BCUT2D eigenvalue weighted by Gasteiger charge is 2.36. The third-order valence-corrected chi connectivity index (χ3v) is 2.84. The minimum atomic E-state index is -0.350. The number of likely N-dealkylation sites (tertiary alicyclic amines) is 1. The van der Waals surface area contributed by atoms with Crippen molar-refractivity contribution in [2.24, 2.45) is 0 Å². The molecule has 1 fully saturated rings. The molecule has 0 aliphatic carbocycles. The minimum absolute atomic E-state index is 0.0816. The van der Waals surface area contributed by atoms with Crippen molar-refractivity contribution < 1.29 is 14.3 Å².